The number of carbonyl (C=O) groups excluding carboxylic acids is 2. The van der Waals surface area contributed by atoms with Gasteiger partial charge in [-0.15, -0.1) is 0 Å². The third-order valence-electron chi connectivity index (χ3n) is 10.6. The number of rotatable bonds is 14. The maximum absolute atomic E-state index is 14.1. The molecule has 1 aromatic heterocycles. The Bertz CT molecular complexity index is 1440. The van der Waals surface area contributed by atoms with Crippen molar-refractivity contribution in [3.05, 3.63) is 46.8 Å². The van der Waals surface area contributed by atoms with Gasteiger partial charge in [0.1, 0.15) is 11.6 Å². The number of hydrogen-bond acceptors (Lipinski definition) is 7. The van der Waals surface area contributed by atoms with E-state index >= 15 is 0 Å². The van der Waals surface area contributed by atoms with Gasteiger partial charge in [-0.25, -0.2) is 13.1 Å². The summed E-state index contributed by atoms with van der Waals surface area (Å²) >= 11 is 0. The Morgan fingerprint density at radius 3 is 2.38 bits per heavy atom. The SMILES string of the molecule is CCCCN1C(=O)[C@H](CC2CCCCC2)NC(=O)C12CCN(C(c1ccc(S(=O)(=O)NCCCOC)cc1)c1c(C)n[nH]c1C)CC2. The summed E-state index contributed by atoms with van der Waals surface area (Å²) in [6, 6.07) is 6.45. The van der Waals surface area contributed by atoms with Gasteiger partial charge in [0.15, 0.2) is 0 Å². The summed E-state index contributed by atoms with van der Waals surface area (Å²) in [5, 5.41) is 10.8. The number of aryl methyl sites for hydroxylation is 2. The summed E-state index contributed by atoms with van der Waals surface area (Å²) in [6.07, 6.45) is 10.2. The van der Waals surface area contributed by atoms with Crippen LogP contribution in [0.15, 0.2) is 29.2 Å². The quantitative estimate of drug-likeness (QED) is 0.254. The van der Waals surface area contributed by atoms with Crippen molar-refractivity contribution in [3.63, 3.8) is 0 Å². The second-order valence-corrected chi connectivity index (χ2v) is 15.5. The molecule has 3 heterocycles. The third kappa shape index (κ3) is 7.76. The molecule has 2 atom stereocenters. The zero-order chi connectivity index (χ0) is 33.6. The number of sulfonamides is 1. The molecule has 2 saturated heterocycles. The van der Waals surface area contributed by atoms with Gasteiger partial charge in [-0.3, -0.25) is 19.6 Å². The monoisotopic (exact) mass is 670 g/mol. The van der Waals surface area contributed by atoms with Crippen molar-refractivity contribution in [2.45, 2.75) is 114 Å². The number of piperazine rings is 1. The number of aromatic nitrogens is 2. The maximum Gasteiger partial charge on any atom is 0.246 e. The van der Waals surface area contributed by atoms with Gasteiger partial charge in [0.2, 0.25) is 21.8 Å². The molecule has 2 aromatic rings. The number of amides is 2. The number of methoxy groups -OCH3 is 1. The number of unbranched alkanes of at least 4 members (excludes halogenated alkanes) is 1. The number of nitrogens with zero attached hydrogens (tertiary/aromatic N) is 3. The average Bonchev–Trinajstić information content (AvgIpc) is 3.40. The highest BCUT2D eigenvalue weighted by atomic mass is 32.2. The summed E-state index contributed by atoms with van der Waals surface area (Å²) in [5.41, 5.74) is 2.97. The van der Waals surface area contributed by atoms with E-state index in [4.69, 9.17) is 4.74 Å². The lowest BCUT2D eigenvalue weighted by molar-refractivity contribution is -0.162. The standard InChI is InChI=1S/C35H54N6O5S/c1-5-6-20-41-33(42)30(24-27-11-8-7-9-12-27)37-34(43)35(41)17-21-40(22-18-35)32(31-25(2)38-39-26(31)3)28-13-15-29(16-14-28)47(44,45)36-19-10-23-46-4/h13-16,27,30,32,36H,5-12,17-24H2,1-4H3,(H,37,43)(H,38,39)/t30-,32?/m0/s1. The number of likely N-dealkylation sites (tertiary alicyclic amines) is 1. The van der Waals surface area contributed by atoms with Crippen LogP contribution in [0.2, 0.25) is 0 Å². The van der Waals surface area contributed by atoms with Crippen LogP contribution in [-0.2, 0) is 24.3 Å². The first-order valence-electron chi connectivity index (χ1n) is 17.6. The van der Waals surface area contributed by atoms with E-state index in [1.807, 2.05) is 30.9 Å². The minimum absolute atomic E-state index is 0.00607. The Hall–Kier alpha value is -2.80. The van der Waals surface area contributed by atoms with Crippen molar-refractivity contribution >= 4 is 21.8 Å². The average molecular weight is 671 g/mol. The van der Waals surface area contributed by atoms with E-state index in [2.05, 4.69) is 32.1 Å². The van der Waals surface area contributed by atoms with Crippen LogP contribution in [0.4, 0.5) is 0 Å². The first kappa shape index (κ1) is 35.5. The molecule has 1 saturated carbocycles. The molecule has 47 heavy (non-hydrogen) atoms. The summed E-state index contributed by atoms with van der Waals surface area (Å²) in [7, 11) is -2.06. The molecule has 2 amide bonds. The molecule has 3 aliphatic rings. The van der Waals surface area contributed by atoms with Crippen LogP contribution in [0.3, 0.4) is 0 Å². The highest BCUT2D eigenvalue weighted by Crippen LogP contribution is 2.40. The van der Waals surface area contributed by atoms with E-state index in [0.29, 0.717) is 58.0 Å². The minimum atomic E-state index is -3.66. The Balaban J connectivity index is 1.37. The van der Waals surface area contributed by atoms with Gasteiger partial charge in [0, 0.05) is 51.2 Å². The van der Waals surface area contributed by atoms with Gasteiger partial charge in [-0.05, 0) is 69.6 Å². The normalized spacial score (nSPS) is 21.7. The lowest BCUT2D eigenvalue weighted by Gasteiger charge is -2.53. The van der Waals surface area contributed by atoms with Crippen molar-refractivity contribution in [2.24, 2.45) is 5.92 Å². The van der Waals surface area contributed by atoms with Crippen LogP contribution < -0.4 is 10.0 Å². The lowest BCUT2D eigenvalue weighted by atomic mass is 9.78. The zero-order valence-corrected chi connectivity index (χ0v) is 29.5. The Kier molecular flexibility index (Phi) is 11.8. The van der Waals surface area contributed by atoms with E-state index < -0.39 is 21.6 Å². The predicted molar refractivity (Wildman–Crippen MR) is 181 cm³/mol. The zero-order valence-electron chi connectivity index (χ0n) is 28.6. The molecule has 3 fully saturated rings. The number of carbonyl (C=O) groups is 2. The smallest absolute Gasteiger partial charge is 0.246 e. The van der Waals surface area contributed by atoms with Crippen LogP contribution in [0.1, 0.15) is 106 Å². The van der Waals surface area contributed by atoms with Crippen molar-refractivity contribution in [1.82, 2.24) is 30.0 Å². The summed E-state index contributed by atoms with van der Waals surface area (Å²) in [5.74, 6) is 0.577. The second kappa shape index (κ2) is 15.6. The molecule has 1 unspecified atom stereocenters. The fourth-order valence-electron chi connectivity index (χ4n) is 7.94. The fourth-order valence-corrected chi connectivity index (χ4v) is 9.01. The van der Waals surface area contributed by atoms with Crippen molar-refractivity contribution in [3.8, 4) is 0 Å². The van der Waals surface area contributed by atoms with E-state index in [1.165, 1.54) is 19.3 Å². The number of nitrogens with one attached hydrogen (secondary N) is 3. The molecule has 5 rings (SSSR count). The van der Waals surface area contributed by atoms with Gasteiger partial charge in [-0.1, -0.05) is 57.6 Å². The highest BCUT2D eigenvalue weighted by molar-refractivity contribution is 7.89. The summed E-state index contributed by atoms with van der Waals surface area (Å²) in [6.45, 7) is 8.70. The van der Waals surface area contributed by atoms with Crippen LogP contribution in [0.25, 0.3) is 0 Å². The summed E-state index contributed by atoms with van der Waals surface area (Å²) in [4.78, 5) is 32.6. The molecule has 12 heteroatoms. The lowest BCUT2D eigenvalue weighted by Crippen LogP contribution is -2.73. The van der Waals surface area contributed by atoms with E-state index in [0.717, 1.165) is 54.6 Å². The van der Waals surface area contributed by atoms with Gasteiger partial charge in [-0.2, -0.15) is 5.10 Å². The van der Waals surface area contributed by atoms with Gasteiger partial charge >= 0.3 is 0 Å². The number of H-pyrrole nitrogens is 1. The Labute approximate surface area is 280 Å². The molecule has 3 N–H and O–H groups in total. The number of ether oxygens (including phenoxy) is 1. The molecule has 1 aromatic carbocycles. The van der Waals surface area contributed by atoms with Crippen LogP contribution in [-0.4, -0.2) is 91.7 Å². The molecule has 1 spiro atoms. The van der Waals surface area contributed by atoms with Crippen LogP contribution in [0.5, 0.6) is 0 Å². The molecule has 11 nitrogen and oxygen atoms in total. The van der Waals surface area contributed by atoms with E-state index in [1.54, 1.807) is 19.2 Å². The first-order chi connectivity index (χ1) is 22.6. The van der Waals surface area contributed by atoms with Gasteiger partial charge in [0.25, 0.3) is 0 Å². The molecule has 2 aliphatic heterocycles. The topological polar surface area (TPSA) is 137 Å². The number of piperidine rings is 1. The fraction of sp³-hybridized carbons (Fsp3) is 0.686. The number of aromatic amines is 1. The highest BCUT2D eigenvalue weighted by Gasteiger charge is 2.54. The molecule has 0 bridgehead atoms. The van der Waals surface area contributed by atoms with Gasteiger partial charge in [0.05, 0.1) is 16.6 Å². The van der Waals surface area contributed by atoms with Crippen molar-refractivity contribution in [1.29, 1.82) is 0 Å². The molecule has 260 valence electrons. The molecule has 1 aliphatic carbocycles. The minimum Gasteiger partial charge on any atom is -0.385 e. The van der Waals surface area contributed by atoms with E-state index in [-0.39, 0.29) is 22.8 Å². The van der Waals surface area contributed by atoms with Crippen molar-refractivity contribution < 1.29 is 22.7 Å². The number of benzene rings is 1. The molecule has 0 radical (unpaired) electrons. The number of hydrogen-bond donors (Lipinski definition) is 3. The molecular formula is C35H54N6O5S. The molecular weight excluding hydrogens is 616 g/mol. The van der Waals surface area contributed by atoms with Crippen LogP contribution in [0, 0.1) is 19.8 Å². The first-order valence-corrected chi connectivity index (χ1v) is 19.1. The summed E-state index contributed by atoms with van der Waals surface area (Å²) < 4.78 is 33.6. The van der Waals surface area contributed by atoms with Crippen LogP contribution >= 0.6 is 0 Å². The maximum atomic E-state index is 14.1. The Morgan fingerprint density at radius 2 is 1.77 bits per heavy atom. The second-order valence-electron chi connectivity index (χ2n) is 13.7. The largest absolute Gasteiger partial charge is 0.385 e. The van der Waals surface area contributed by atoms with Crippen molar-refractivity contribution in [2.75, 3.05) is 39.9 Å². The Morgan fingerprint density at radius 1 is 1.06 bits per heavy atom. The predicted octanol–water partition coefficient (Wildman–Crippen LogP) is 4.36. The van der Waals surface area contributed by atoms with E-state index in [9.17, 15) is 18.0 Å². The van der Waals surface area contributed by atoms with Gasteiger partial charge < -0.3 is 15.0 Å². The third-order valence-corrected chi connectivity index (χ3v) is 12.1.